The van der Waals surface area contributed by atoms with Crippen LogP contribution in [-0.4, -0.2) is 109 Å². The lowest BCUT2D eigenvalue weighted by Crippen LogP contribution is -2.31. The van der Waals surface area contributed by atoms with Crippen LogP contribution < -0.4 is 10.6 Å². The lowest BCUT2D eigenvalue weighted by atomic mass is 9.98. The average Bonchev–Trinajstić information content (AvgIpc) is 3.31. The number of benzene rings is 2. The minimum atomic E-state index is -1.13. The largest absolute Gasteiger partial charge is 0.480 e. The summed E-state index contributed by atoms with van der Waals surface area (Å²) in [5.74, 6) is -1.49. The maximum absolute atomic E-state index is 12.2. The normalized spacial score (nSPS) is 12.0. The summed E-state index contributed by atoms with van der Waals surface area (Å²) in [5, 5.41) is 13.7. The second-order valence-electron chi connectivity index (χ2n) is 9.29. The molecule has 0 heterocycles. The van der Waals surface area contributed by atoms with E-state index in [2.05, 4.69) is 39.6 Å². The standard InChI is InChI=1S/C30H40N2O10/c33-28(21-41-22-29(34)35)31-11-13-38-15-17-40-19-18-39-16-14-37-12-5-10-32-30(36)42-20-27-25-8-3-1-6-23(25)24-7-2-4-9-26(24)27/h1-4,6-9,27H,5,10-22H2,(H,31,33)(H,32,36)(H,34,35). The van der Waals surface area contributed by atoms with E-state index in [-0.39, 0.29) is 12.5 Å². The number of carboxylic acids is 1. The highest BCUT2D eigenvalue weighted by Gasteiger charge is 2.28. The Kier molecular flexibility index (Phi) is 15.3. The summed E-state index contributed by atoms with van der Waals surface area (Å²) in [5.41, 5.74) is 4.76. The first kappa shape index (κ1) is 33.0. The molecule has 1 aliphatic rings. The molecule has 12 nitrogen and oxygen atoms in total. The Bertz CT molecular complexity index is 1070. The number of carbonyl (C=O) groups excluding carboxylic acids is 2. The number of rotatable bonds is 22. The average molecular weight is 589 g/mol. The molecule has 3 N–H and O–H groups in total. The molecule has 0 saturated heterocycles. The number of nitrogens with one attached hydrogen (secondary N) is 2. The van der Waals surface area contributed by atoms with E-state index in [1.807, 2.05) is 24.3 Å². The molecule has 0 unspecified atom stereocenters. The molecule has 0 fully saturated rings. The lowest BCUT2D eigenvalue weighted by Gasteiger charge is -2.14. The molecule has 2 aromatic rings. The summed E-state index contributed by atoms with van der Waals surface area (Å²) in [7, 11) is 0. The van der Waals surface area contributed by atoms with Crippen LogP contribution in [0.1, 0.15) is 23.5 Å². The van der Waals surface area contributed by atoms with Gasteiger partial charge in [-0.15, -0.1) is 0 Å². The molecule has 3 rings (SSSR count). The number of ether oxygens (including phenoxy) is 6. The highest BCUT2D eigenvalue weighted by Crippen LogP contribution is 2.44. The highest BCUT2D eigenvalue weighted by molar-refractivity contribution is 5.79. The zero-order chi connectivity index (χ0) is 29.8. The summed E-state index contributed by atoms with van der Waals surface area (Å²) in [6, 6.07) is 16.5. The predicted octanol–water partition coefficient (Wildman–Crippen LogP) is 2.20. The van der Waals surface area contributed by atoms with Crippen LogP contribution in [0.25, 0.3) is 11.1 Å². The molecule has 2 aromatic carbocycles. The third-order valence-corrected chi connectivity index (χ3v) is 6.22. The van der Waals surface area contributed by atoms with Crippen molar-refractivity contribution in [2.24, 2.45) is 0 Å². The van der Waals surface area contributed by atoms with Crippen molar-refractivity contribution in [1.29, 1.82) is 0 Å². The molecular formula is C30H40N2O10. The van der Waals surface area contributed by atoms with Gasteiger partial charge in [0.05, 0.1) is 46.2 Å². The van der Waals surface area contributed by atoms with Crippen LogP contribution >= 0.6 is 0 Å². The van der Waals surface area contributed by atoms with E-state index in [4.69, 9.17) is 28.8 Å². The Labute approximate surface area is 245 Å². The molecule has 42 heavy (non-hydrogen) atoms. The topological polar surface area (TPSA) is 151 Å². The van der Waals surface area contributed by atoms with Gasteiger partial charge in [0.25, 0.3) is 0 Å². The van der Waals surface area contributed by atoms with Crippen molar-refractivity contribution >= 4 is 18.0 Å². The van der Waals surface area contributed by atoms with Gasteiger partial charge in [-0.3, -0.25) is 4.79 Å². The van der Waals surface area contributed by atoms with E-state index < -0.39 is 24.6 Å². The van der Waals surface area contributed by atoms with Crippen LogP contribution in [0.3, 0.4) is 0 Å². The quantitative estimate of drug-likeness (QED) is 0.175. The monoisotopic (exact) mass is 588 g/mol. The van der Waals surface area contributed by atoms with Gasteiger partial charge in [0.1, 0.15) is 19.8 Å². The SMILES string of the molecule is O=C(O)COCC(=O)NCCOCCOCCOCCOCCCNC(=O)OCC1c2ccccc2-c2ccccc21. The number of hydrogen-bond acceptors (Lipinski definition) is 9. The minimum Gasteiger partial charge on any atom is -0.480 e. The van der Waals surface area contributed by atoms with Gasteiger partial charge in [0, 0.05) is 25.6 Å². The number of carboxylic acid groups (broad SMARTS) is 1. The molecule has 0 aromatic heterocycles. The smallest absolute Gasteiger partial charge is 0.407 e. The van der Waals surface area contributed by atoms with Gasteiger partial charge in [0.2, 0.25) is 5.91 Å². The van der Waals surface area contributed by atoms with Crippen LogP contribution in [0.15, 0.2) is 48.5 Å². The first-order valence-corrected chi connectivity index (χ1v) is 14.0. The van der Waals surface area contributed by atoms with Crippen LogP contribution in [0.4, 0.5) is 4.79 Å². The molecule has 12 heteroatoms. The van der Waals surface area contributed by atoms with Crippen molar-refractivity contribution < 1.29 is 47.9 Å². The van der Waals surface area contributed by atoms with Crippen LogP contribution in [-0.2, 0) is 38.0 Å². The predicted molar refractivity (Wildman–Crippen MR) is 152 cm³/mol. The number of aliphatic carboxylic acids is 1. The molecule has 0 aliphatic heterocycles. The van der Waals surface area contributed by atoms with Gasteiger partial charge < -0.3 is 44.2 Å². The molecule has 0 spiro atoms. The summed E-state index contributed by atoms with van der Waals surface area (Å²) >= 11 is 0. The van der Waals surface area contributed by atoms with Gasteiger partial charge in [-0.05, 0) is 28.7 Å². The third kappa shape index (κ3) is 12.1. The molecular weight excluding hydrogens is 548 g/mol. The van der Waals surface area contributed by atoms with Crippen molar-refractivity contribution in [2.45, 2.75) is 12.3 Å². The molecule has 0 atom stereocenters. The Morgan fingerprint density at radius 2 is 1.19 bits per heavy atom. The number of alkyl carbamates (subject to hydrolysis) is 1. The Hall–Kier alpha value is -3.55. The highest BCUT2D eigenvalue weighted by atomic mass is 16.6. The number of hydrogen-bond donors (Lipinski definition) is 3. The van der Waals surface area contributed by atoms with Gasteiger partial charge >= 0.3 is 12.1 Å². The minimum absolute atomic E-state index is 0.0391. The maximum Gasteiger partial charge on any atom is 0.407 e. The Morgan fingerprint density at radius 3 is 1.79 bits per heavy atom. The molecule has 0 bridgehead atoms. The van der Waals surface area contributed by atoms with Gasteiger partial charge in [-0.1, -0.05) is 48.5 Å². The van der Waals surface area contributed by atoms with E-state index in [1.165, 1.54) is 22.3 Å². The Balaban J connectivity index is 1.07. The fraction of sp³-hybridized carbons (Fsp3) is 0.500. The van der Waals surface area contributed by atoms with Gasteiger partial charge in [0.15, 0.2) is 0 Å². The van der Waals surface area contributed by atoms with Crippen molar-refractivity contribution in [1.82, 2.24) is 10.6 Å². The van der Waals surface area contributed by atoms with Crippen molar-refractivity contribution in [2.75, 3.05) is 85.8 Å². The number of carbonyl (C=O) groups is 3. The van der Waals surface area contributed by atoms with Crippen LogP contribution in [0, 0.1) is 0 Å². The van der Waals surface area contributed by atoms with Crippen molar-refractivity contribution in [3.8, 4) is 11.1 Å². The summed E-state index contributed by atoms with van der Waals surface area (Å²) in [6.07, 6.45) is 0.229. The first-order valence-electron chi connectivity index (χ1n) is 14.0. The van der Waals surface area contributed by atoms with Crippen molar-refractivity contribution in [3.05, 3.63) is 59.7 Å². The zero-order valence-electron chi connectivity index (χ0n) is 23.7. The van der Waals surface area contributed by atoms with E-state index in [9.17, 15) is 14.4 Å². The first-order chi connectivity index (χ1) is 20.6. The zero-order valence-corrected chi connectivity index (χ0v) is 23.7. The fourth-order valence-corrected chi connectivity index (χ4v) is 4.32. The number of amides is 2. The van der Waals surface area contributed by atoms with Crippen molar-refractivity contribution in [3.63, 3.8) is 0 Å². The fourth-order valence-electron chi connectivity index (χ4n) is 4.32. The van der Waals surface area contributed by atoms with E-state index in [0.29, 0.717) is 79.0 Å². The van der Waals surface area contributed by atoms with Crippen LogP contribution in [0.2, 0.25) is 0 Å². The second kappa shape index (κ2) is 19.5. The lowest BCUT2D eigenvalue weighted by molar-refractivity contribution is -0.143. The van der Waals surface area contributed by atoms with E-state index in [1.54, 1.807) is 0 Å². The number of fused-ring (bicyclic) bond motifs is 3. The Morgan fingerprint density at radius 1 is 0.643 bits per heavy atom. The summed E-state index contributed by atoms with van der Waals surface area (Å²) in [6.45, 7) is 3.54. The molecule has 230 valence electrons. The summed E-state index contributed by atoms with van der Waals surface area (Å²) < 4.78 is 31.9. The van der Waals surface area contributed by atoms with Gasteiger partial charge in [-0.25, -0.2) is 9.59 Å². The van der Waals surface area contributed by atoms with Gasteiger partial charge in [-0.2, -0.15) is 0 Å². The van der Waals surface area contributed by atoms with E-state index >= 15 is 0 Å². The molecule has 0 saturated carbocycles. The molecule has 0 radical (unpaired) electrons. The molecule has 1 aliphatic carbocycles. The summed E-state index contributed by atoms with van der Waals surface area (Å²) in [4.78, 5) is 33.8. The van der Waals surface area contributed by atoms with E-state index in [0.717, 1.165) is 0 Å². The maximum atomic E-state index is 12.2. The molecule has 2 amide bonds. The third-order valence-electron chi connectivity index (χ3n) is 6.22. The van der Waals surface area contributed by atoms with Crippen LogP contribution in [0.5, 0.6) is 0 Å². The second-order valence-corrected chi connectivity index (χ2v) is 9.29.